The summed E-state index contributed by atoms with van der Waals surface area (Å²) < 4.78 is 4.76. The standard InChI is InChI=1S/C8H10N4O/c9-5-6-7(10)13-11-8(6)12-3-1-2-4-12/h1-4,10H2. The van der Waals surface area contributed by atoms with Gasteiger partial charge < -0.3 is 15.2 Å². The highest BCUT2D eigenvalue weighted by Crippen LogP contribution is 2.26. The Balaban J connectivity index is 2.34. The molecular weight excluding hydrogens is 168 g/mol. The van der Waals surface area contributed by atoms with Gasteiger partial charge in [0.15, 0.2) is 11.4 Å². The van der Waals surface area contributed by atoms with E-state index in [2.05, 4.69) is 5.16 Å². The van der Waals surface area contributed by atoms with Crippen LogP contribution in [-0.2, 0) is 0 Å². The zero-order chi connectivity index (χ0) is 9.26. The zero-order valence-electron chi connectivity index (χ0n) is 7.16. The van der Waals surface area contributed by atoms with Crippen LogP contribution >= 0.6 is 0 Å². The van der Waals surface area contributed by atoms with Crippen molar-refractivity contribution in [3.05, 3.63) is 5.56 Å². The van der Waals surface area contributed by atoms with Crippen molar-refractivity contribution in [3.8, 4) is 6.07 Å². The van der Waals surface area contributed by atoms with E-state index in [-0.39, 0.29) is 5.88 Å². The minimum atomic E-state index is 0.115. The second-order valence-corrected chi connectivity index (χ2v) is 3.05. The lowest BCUT2D eigenvalue weighted by molar-refractivity contribution is 0.436. The van der Waals surface area contributed by atoms with E-state index < -0.39 is 0 Å². The molecule has 0 aromatic carbocycles. The van der Waals surface area contributed by atoms with E-state index in [1.54, 1.807) is 0 Å². The summed E-state index contributed by atoms with van der Waals surface area (Å²) in [6.07, 6.45) is 2.27. The van der Waals surface area contributed by atoms with Crippen molar-refractivity contribution in [2.45, 2.75) is 12.8 Å². The minimum Gasteiger partial charge on any atom is -0.366 e. The molecule has 1 fully saturated rings. The van der Waals surface area contributed by atoms with Crippen LogP contribution in [0.25, 0.3) is 0 Å². The first-order valence-electron chi connectivity index (χ1n) is 4.23. The number of nitriles is 1. The summed E-state index contributed by atoms with van der Waals surface area (Å²) in [4.78, 5) is 2.03. The van der Waals surface area contributed by atoms with Gasteiger partial charge >= 0.3 is 0 Å². The summed E-state index contributed by atoms with van der Waals surface area (Å²) in [7, 11) is 0. The fraction of sp³-hybridized carbons (Fsp3) is 0.500. The third kappa shape index (κ3) is 1.20. The van der Waals surface area contributed by atoms with Crippen molar-refractivity contribution in [2.75, 3.05) is 23.7 Å². The van der Waals surface area contributed by atoms with Gasteiger partial charge in [-0.3, -0.25) is 0 Å². The number of nitrogen functional groups attached to an aromatic ring is 1. The quantitative estimate of drug-likeness (QED) is 0.685. The summed E-state index contributed by atoms with van der Waals surface area (Å²) in [6, 6.07) is 2.00. The lowest BCUT2D eigenvalue weighted by atomic mass is 10.3. The molecule has 1 aromatic rings. The van der Waals surface area contributed by atoms with Gasteiger partial charge in [-0.2, -0.15) is 5.26 Å². The van der Waals surface area contributed by atoms with Gasteiger partial charge in [-0.05, 0) is 12.8 Å². The van der Waals surface area contributed by atoms with Crippen molar-refractivity contribution in [1.82, 2.24) is 5.16 Å². The summed E-state index contributed by atoms with van der Waals surface area (Å²) in [5.74, 6) is 0.710. The van der Waals surface area contributed by atoms with Gasteiger partial charge in [-0.1, -0.05) is 5.16 Å². The Morgan fingerprint density at radius 2 is 2.15 bits per heavy atom. The van der Waals surface area contributed by atoms with E-state index in [1.807, 2.05) is 11.0 Å². The monoisotopic (exact) mass is 178 g/mol. The number of rotatable bonds is 1. The molecule has 2 N–H and O–H groups in total. The van der Waals surface area contributed by atoms with Crippen LogP contribution in [0, 0.1) is 11.3 Å². The Morgan fingerprint density at radius 3 is 2.77 bits per heavy atom. The second kappa shape index (κ2) is 2.98. The molecule has 5 heteroatoms. The Hall–Kier alpha value is -1.70. The molecule has 13 heavy (non-hydrogen) atoms. The second-order valence-electron chi connectivity index (χ2n) is 3.05. The van der Waals surface area contributed by atoms with Crippen LogP contribution in [0.15, 0.2) is 4.52 Å². The summed E-state index contributed by atoms with van der Waals surface area (Å²) in [6.45, 7) is 1.86. The maximum Gasteiger partial charge on any atom is 0.242 e. The largest absolute Gasteiger partial charge is 0.366 e. The molecule has 0 aliphatic carbocycles. The number of anilines is 2. The summed E-state index contributed by atoms with van der Waals surface area (Å²) in [5.41, 5.74) is 5.80. The van der Waals surface area contributed by atoms with E-state index in [1.165, 1.54) is 0 Å². The predicted octanol–water partition coefficient (Wildman–Crippen LogP) is 0.729. The highest BCUT2D eigenvalue weighted by Gasteiger charge is 2.21. The third-order valence-corrected chi connectivity index (χ3v) is 2.22. The first kappa shape index (κ1) is 7.92. The first-order chi connectivity index (χ1) is 6.33. The van der Waals surface area contributed by atoms with Crippen LogP contribution in [0.3, 0.4) is 0 Å². The predicted molar refractivity (Wildman–Crippen MR) is 47.1 cm³/mol. The van der Waals surface area contributed by atoms with Gasteiger partial charge in [0.05, 0.1) is 0 Å². The molecule has 1 saturated heterocycles. The van der Waals surface area contributed by atoms with Crippen LogP contribution in [0.5, 0.6) is 0 Å². The van der Waals surface area contributed by atoms with Crippen molar-refractivity contribution < 1.29 is 4.52 Å². The topological polar surface area (TPSA) is 79.1 Å². The number of nitrogens with two attached hydrogens (primary N) is 1. The number of aromatic nitrogens is 1. The lowest BCUT2D eigenvalue weighted by Crippen LogP contribution is -2.18. The molecule has 0 saturated carbocycles. The molecule has 5 nitrogen and oxygen atoms in total. The molecule has 1 aliphatic rings. The number of hydrogen-bond donors (Lipinski definition) is 1. The van der Waals surface area contributed by atoms with E-state index in [4.69, 9.17) is 15.5 Å². The van der Waals surface area contributed by atoms with Gasteiger partial charge in [-0.25, -0.2) is 0 Å². The van der Waals surface area contributed by atoms with Crippen molar-refractivity contribution in [1.29, 1.82) is 5.26 Å². The maximum atomic E-state index is 8.79. The molecular formula is C8H10N4O. The van der Waals surface area contributed by atoms with Crippen LogP contribution in [0.2, 0.25) is 0 Å². The van der Waals surface area contributed by atoms with Crippen LogP contribution < -0.4 is 10.6 Å². The van der Waals surface area contributed by atoms with Crippen molar-refractivity contribution in [2.24, 2.45) is 0 Å². The molecule has 1 aliphatic heterocycles. The Morgan fingerprint density at radius 1 is 1.46 bits per heavy atom. The van der Waals surface area contributed by atoms with Crippen LogP contribution in [-0.4, -0.2) is 18.2 Å². The van der Waals surface area contributed by atoms with Gasteiger partial charge in [0.2, 0.25) is 5.88 Å². The van der Waals surface area contributed by atoms with Crippen LogP contribution in [0.1, 0.15) is 18.4 Å². The SMILES string of the molecule is N#Cc1c(N2CCCC2)noc1N. The average molecular weight is 178 g/mol. The molecule has 2 heterocycles. The Kier molecular flexibility index (Phi) is 1.81. The normalized spacial score (nSPS) is 16.1. The Bertz CT molecular complexity index is 346. The van der Waals surface area contributed by atoms with Crippen molar-refractivity contribution >= 4 is 11.7 Å². The Labute approximate surface area is 75.7 Å². The fourth-order valence-corrected chi connectivity index (χ4v) is 1.54. The molecule has 0 radical (unpaired) electrons. The van der Waals surface area contributed by atoms with Crippen LogP contribution in [0.4, 0.5) is 11.7 Å². The average Bonchev–Trinajstić information content (AvgIpc) is 2.71. The molecule has 0 amide bonds. The van der Waals surface area contributed by atoms with Gasteiger partial charge in [0.25, 0.3) is 0 Å². The number of hydrogen-bond acceptors (Lipinski definition) is 5. The molecule has 0 atom stereocenters. The van der Waals surface area contributed by atoms with Gasteiger partial charge in [0.1, 0.15) is 6.07 Å². The van der Waals surface area contributed by atoms with E-state index in [0.29, 0.717) is 11.4 Å². The zero-order valence-corrected chi connectivity index (χ0v) is 7.16. The molecule has 68 valence electrons. The number of nitrogens with zero attached hydrogens (tertiary/aromatic N) is 3. The minimum absolute atomic E-state index is 0.115. The van der Waals surface area contributed by atoms with E-state index in [9.17, 15) is 0 Å². The van der Waals surface area contributed by atoms with Gasteiger partial charge in [0, 0.05) is 13.1 Å². The highest BCUT2D eigenvalue weighted by atomic mass is 16.5. The fourth-order valence-electron chi connectivity index (χ4n) is 1.54. The molecule has 0 bridgehead atoms. The van der Waals surface area contributed by atoms with Gasteiger partial charge in [-0.15, -0.1) is 0 Å². The molecule has 0 spiro atoms. The molecule has 2 rings (SSSR count). The van der Waals surface area contributed by atoms with E-state index in [0.717, 1.165) is 25.9 Å². The first-order valence-corrected chi connectivity index (χ1v) is 4.23. The third-order valence-electron chi connectivity index (χ3n) is 2.22. The smallest absolute Gasteiger partial charge is 0.242 e. The lowest BCUT2D eigenvalue weighted by Gasteiger charge is -2.12. The van der Waals surface area contributed by atoms with Crippen molar-refractivity contribution in [3.63, 3.8) is 0 Å². The summed E-state index contributed by atoms with van der Waals surface area (Å²) in [5, 5.41) is 12.6. The molecule has 0 unspecified atom stereocenters. The maximum absolute atomic E-state index is 8.79. The van der Waals surface area contributed by atoms with E-state index >= 15 is 0 Å². The highest BCUT2D eigenvalue weighted by molar-refractivity contribution is 5.62. The molecule has 1 aromatic heterocycles. The summed E-state index contributed by atoms with van der Waals surface area (Å²) >= 11 is 0.